The van der Waals surface area contributed by atoms with Crippen LogP contribution in [0.2, 0.25) is 0 Å². The molecule has 2 rings (SSSR count). The van der Waals surface area contributed by atoms with Crippen LogP contribution in [0.15, 0.2) is 24.3 Å². The Morgan fingerprint density at radius 3 is 3.00 bits per heavy atom. The Balaban J connectivity index is 1.79. The quantitative estimate of drug-likeness (QED) is 0.849. The maximum absolute atomic E-state index is 11.9. The van der Waals surface area contributed by atoms with E-state index in [-0.39, 0.29) is 18.6 Å². The largest absolute Gasteiger partial charge is 0.497 e. The molecule has 0 radical (unpaired) electrons. The minimum absolute atomic E-state index is 0.0316. The van der Waals surface area contributed by atoms with Crippen molar-refractivity contribution in [2.24, 2.45) is 5.92 Å². The van der Waals surface area contributed by atoms with Gasteiger partial charge in [0.25, 0.3) is 5.91 Å². The molecule has 0 saturated carbocycles. The third-order valence-corrected chi connectivity index (χ3v) is 3.54. The van der Waals surface area contributed by atoms with Crippen LogP contribution in [0, 0.1) is 5.92 Å². The lowest BCUT2D eigenvalue weighted by Gasteiger charge is -2.30. The lowest BCUT2D eigenvalue weighted by atomic mass is 9.95. The Morgan fingerprint density at radius 2 is 2.25 bits per heavy atom. The summed E-state index contributed by atoms with van der Waals surface area (Å²) in [4.78, 5) is 11.9. The van der Waals surface area contributed by atoms with E-state index in [4.69, 9.17) is 9.47 Å². The van der Waals surface area contributed by atoms with Crippen molar-refractivity contribution in [3.05, 3.63) is 24.3 Å². The van der Waals surface area contributed by atoms with E-state index in [0.29, 0.717) is 11.7 Å². The fourth-order valence-corrected chi connectivity index (χ4v) is 2.32. The van der Waals surface area contributed by atoms with Crippen LogP contribution >= 0.6 is 0 Å². The summed E-state index contributed by atoms with van der Waals surface area (Å²) in [6.45, 7) is 4.07. The van der Waals surface area contributed by atoms with Crippen molar-refractivity contribution >= 4 is 5.91 Å². The summed E-state index contributed by atoms with van der Waals surface area (Å²) in [5, 5.41) is 6.34. The highest BCUT2D eigenvalue weighted by atomic mass is 16.5. The number of ether oxygens (including phenoxy) is 2. The summed E-state index contributed by atoms with van der Waals surface area (Å²) >= 11 is 0. The van der Waals surface area contributed by atoms with Crippen molar-refractivity contribution in [3.8, 4) is 11.5 Å². The van der Waals surface area contributed by atoms with Crippen LogP contribution in [0.4, 0.5) is 0 Å². The molecule has 2 N–H and O–H groups in total. The molecule has 2 unspecified atom stereocenters. The molecule has 1 aromatic carbocycles. The Morgan fingerprint density at radius 1 is 1.45 bits per heavy atom. The summed E-state index contributed by atoms with van der Waals surface area (Å²) in [6, 6.07) is 7.48. The van der Waals surface area contributed by atoms with E-state index in [2.05, 4.69) is 17.6 Å². The SMILES string of the molecule is COc1cccc(OCC(=O)NC2CCNCC2C)c1. The fourth-order valence-electron chi connectivity index (χ4n) is 2.32. The van der Waals surface area contributed by atoms with E-state index in [0.717, 1.165) is 25.3 Å². The molecule has 2 atom stereocenters. The number of nitrogens with one attached hydrogen (secondary N) is 2. The van der Waals surface area contributed by atoms with Gasteiger partial charge in [-0.15, -0.1) is 0 Å². The van der Waals surface area contributed by atoms with Gasteiger partial charge in [0.15, 0.2) is 6.61 Å². The summed E-state index contributed by atoms with van der Waals surface area (Å²) in [6.07, 6.45) is 0.964. The van der Waals surface area contributed by atoms with Crippen molar-refractivity contribution in [1.82, 2.24) is 10.6 Å². The summed E-state index contributed by atoms with van der Waals surface area (Å²) in [7, 11) is 1.60. The van der Waals surface area contributed by atoms with E-state index in [1.165, 1.54) is 0 Å². The van der Waals surface area contributed by atoms with Crippen LogP contribution in [0.3, 0.4) is 0 Å². The van der Waals surface area contributed by atoms with Gasteiger partial charge in [-0.2, -0.15) is 0 Å². The molecule has 1 amide bonds. The first kappa shape index (κ1) is 14.7. The molecule has 110 valence electrons. The molecule has 0 spiro atoms. The van der Waals surface area contributed by atoms with Gasteiger partial charge in [-0.1, -0.05) is 13.0 Å². The van der Waals surface area contributed by atoms with Gasteiger partial charge >= 0.3 is 0 Å². The number of amides is 1. The second kappa shape index (κ2) is 7.14. The predicted molar refractivity (Wildman–Crippen MR) is 77.1 cm³/mol. The molecule has 0 aliphatic carbocycles. The average molecular weight is 278 g/mol. The lowest BCUT2D eigenvalue weighted by Crippen LogP contribution is -2.49. The van der Waals surface area contributed by atoms with Gasteiger partial charge in [0.2, 0.25) is 0 Å². The maximum Gasteiger partial charge on any atom is 0.258 e. The number of carbonyl (C=O) groups excluding carboxylic acids is 1. The van der Waals surface area contributed by atoms with Crippen LogP contribution in [0.5, 0.6) is 11.5 Å². The number of hydrogen-bond donors (Lipinski definition) is 2. The molecule has 5 nitrogen and oxygen atoms in total. The van der Waals surface area contributed by atoms with Gasteiger partial charge in [0.05, 0.1) is 7.11 Å². The van der Waals surface area contributed by atoms with E-state index in [1.807, 2.05) is 18.2 Å². The Bertz CT molecular complexity index is 450. The highest BCUT2D eigenvalue weighted by Crippen LogP contribution is 2.18. The normalized spacial score (nSPS) is 22.1. The monoisotopic (exact) mass is 278 g/mol. The fraction of sp³-hybridized carbons (Fsp3) is 0.533. The van der Waals surface area contributed by atoms with Gasteiger partial charge < -0.3 is 20.1 Å². The molecule has 0 bridgehead atoms. The minimum Gasteiger partial charge on any atom is -0.497 e. The number of methoxy groups -OCH3 is 1. The highest BCUT2D eigenvalue weighted by Gasteiger charge is 2.22. The van der Waals surface area contributed by atoms with Gasteiger partial charge in [0, 0.05) is 12.1 Å². The van der Waals surface area contributed by atoms with Crippen molar-refractivity contribution in [2.45, 2.75) is 19.4 Å². The topological polar surface area (TPSA) is 59.6 Å². The third-order valence-electron chi connectivity index (χ3n) is 3.54. The highest BCUT2D eigenvalue weighted by molar-refractivity contribution is 5.77. The predicted octanol–water partition coefficient (Wildman–Crippen LogP) is 1.19. The molecule has 1 fully saturated rings. The van der Waals surface area contributed by atoms with Crippen LogP contribution in [-0.4, -0.2) is 38.8 Å². The molecule has 1 aliphatic rings. The van der Waals surface area contributed by atoms with Crippen LogP contribution in [-0.2, 0) is 4.79 Å². The molecule has 0 aromatic heterocycles. The zero-order valence-corrected chi connectivity index (χ0v) is 12.0. The molecule has 5 heteroatoms. The molecule has 1 aliphatic heterocycles. The molecule has 1 heterocycles. The summed E-state index contributed by atoms with van der Waals surface area (Å²) in [5.41, 5.74) is 0. The smallest absolute Gasteiger partial charge is 0.258 e. The second-order valence-corrected chi connectivity index (χ2v) is 5.11. The average Bonchev–Trinajstić information content (AvgIpc) is 2.48. The van der Waals surface area contributed by atoms with E-state index < -0.39 is 0 Å². The van der Waals surface area contributed by atoms with Gasteiger partial charge in [-0.05, 0) is 37.6 Å². The van der Waals surface area contributed by atoms with Crippen molar-refractivity contribution in [2.75, 3.05) is 26.8 Å². The number of rotatable bonds is 5. The number of hydrogen-bond acceptors (Lipinski definition) is 4. The molecule has 20 heavy (non-hydrogen) atoms. The lowest BCUT2D eigenvalue weighted by molar-refractivity contribution is -0.124. The second-order valence-electron chi connectivity index (χ2n) is 5.11. The van der Waals surface area contributed by atoms with Gasteiger partial charge in [-0.3, -0.25) is 4.79 Å². The van der Waals surface area contributed by atoms with Crippen LogP contribution in [0.25, 0.3) is 0 Å². The summed E-state index contributed by atoms with van der Waals surface area (Å²) < 4.78 is 10.6. The number of benzene rings is 1. The first-order valence-electron chi connectivity index (χ1n) is 6.96. The van der Waals surface area contributed by atoms with Crippen molar-refractivity contribution in [1.29, 1.82) is 0 Å². The van der Waals surface area contributed by atoms with Crippen molar-refractivity contribution < 1.29 is 14.3 Å². The first-order valence-corrected chi connectivity index (χ1v) is 6.96. The van der Waals surface area contributed by atoms with Crippen LogP contribution in [0.1, 0.15) is 13.3 Å². The Labute approximate surface area is 119 Å². The minimum atomic E-state index is -0.0773. The van der Waals surface area contributed by atoms with Crippen LogP contribution < -0.4 is 20.1 Å². The van der Waals surface area contributed by atoms with Gasteiger partial charge in [0.1, 0.15) is 11.5 Å². The van der Waals surface area contributed by atoms with Crippen molar-refractivity contribution in [3.63, 3.8) is 0 Å². The van der Waals surface area contributed by atoms with E-state index in [9.17, 15) is 4.79 Å². The van der Waals surface area contributed by atoms with E-state index >= 15 is 0 Å². The first-order chi connectivity index (χ1) is 9.69. The molecular weight excluding hydrogens is 256 g/mol. The third kappa shape index (κ3) is 4.13. The van der Waals surface area contributed by atoms with E-state index in [1.54, 1.807) is 13.2 Å². The van der Waals surface area contributed by atoms with Gasteiger partial charge in [-0.25, -0.2) is 0 Å². The molecular formula is C15H22N2O3. The maximum atomic E-state index is 11.9. The molecule has 1 saturated heterocycles. The zero-order valence-electron chi connectivity index (χ0n) is 12.0. The number of piperidine rings is 1. The zero-order chi connectivity index (χ0) is 14.4. The standard InChI is InChI=1S/C15H22N2O3/c1-11-9-16-7-6-14(11)17-15(18)10-20-13-5-3-4-12(8-13)19-2/h3-5,8,11,14,16H,6-7,9-10H2,1-2H3,(H,17,18). The molecule has 1 aromatic rings. The Kier molecular flexibility index (Phi) is 5.24. The summed E-state index contributed by atoms with van der Waals surface area (Å²) in [5.74, 6) is 1.73. The Hall–Kier alpha value is -1.75. The number of carbonyl (C=O) groups is 1.